The van der Waals surface area contributed by atoms with Crippen LogP contribution in [-0.4, -0.2) is 25.8 Å². The lowest BCUT2D eigenvalue weighted by atomic mass is 9.67. The fourth-order valence-electron chi connectivity index (χ4n) is 3.47. The van der Waals surface area contributed by atoms with Gasteiger partial charge in [0, 0.05) is 13.0 Å². The SMILES string of the molecule is CCCCC1CCC(Cc2ncnn2CC)(C(=O)O)CC1. The normalized spacial score (nSPS) is 25.9. The first-order valence-corrected chi connectivity index (χ1v) is 8.21. The molecule has 1 heterocycles. The summed E-state index contributed by atoms with van der Waals surface area (Å²) in [5.74, 6) is 0.857. The fraction of sp³-hybridized carbons (Fsp3) is 0.812. The molecule has 0 amide bonds. The molecule has 118 valence electrons. The monoisotopic (exact) mass is 293 g/mol. The standard InChI is InChI=1S/C16H27N3O2/c1-3-5-6-13-7-9-16(10-8-13,15(20)21)11-14-17-12-18-19(14)4-2/h12-13H,3-11H2,1-2H3,(H,20,21). The van der Waals surface area contributed by atoms with Crippen molar-refractivity contribution in [1.82, 2.24) is 14.8 Å². The lowest BCUT2D eigenvalue weighted by Crippen LogP contribution is -2.38. The molecule has 1 aromatic heterocycles. The van der Waals surface area contributed by atoms with E-state index in [9.17, 15) is 9.90 Å². The van der Waals surface area contributed by atoms with Crippen LogP contribution < -0.4 is 0 Å². The van der Waals surface area contributed by atoms with Crippen LogP contribution in [0.2, 0.25) is 0 Å². The molecule has 1 aromatic rings. The highest BCUT2D eigenvalue weighted by molar-refractivity contribution is 5.75. The summed E-state index contributed by atoms with van der Waals surface area (Å²) < 4.78 is 1.81. The molecule has 1 aliphatic rings. The van der Waals surface area contributed by atoms with Crippen LogP contribution >= 0.6 is 0 Å². The molecule has 1 fully saturated rings. The van der Waals surface area contributed by atoms with E-state index in [1.54, 1.807) is 0 Å². The molecule has 5 heteroatoms. The Labute approximate surface area is 126 Å². The molecule has 5 nitrogen and oxygen atoms in total. The molecule has 0 atom stereocenters. The predicted octanol–water partition coefficient (Wildman–Crippen LogP) is 3.29. The van der Waals surface area contributed by atoms with E-state index in [0.29, 0.717) is 12.3 Å². The maximum absolute atomic E-state index is 11.9. The van der Waals surface area contributed by atoms with E-state index >= 15 is 0 Å². The molecule has 1 N–H and O–H groups in total. The quantitative estimate of drug-likeness (QED) is 0.837. The van der Waals surface area contributed by atoms with Crippen LogP contribution in [0.5, 0.6) is 0 Å². The summed E-state index contributed by atoms with van der Waals surface area (Å²) in [6.07, 6.45) is 9.38. The summed E-state index contributed by atoms with van der Waals surface area (Å²) in [5.41, 5.74) is -0.636. The van der Waals surface area contributed by atoms with Crippen molar-refractivity contribution in [3.8, 4) is 0 Å². The minimum Gasteiger partial charge on any atom is -0.481 e. The minimum absolute atomic E-state index is 0.511. The number of unbranched alkanes of at least 4 members (excludes halogenated alkanes) is 1. The number of aliphatic carboxylic acids is 1. The maximum atomic E-state index is 11.9. The number of carboxylic acid groups (broad SMARTS) is 1. The Kier molecular flexibility index (Phi) is 5.37. The van der Waals surface area contributed by atoms with Gasteiger partial charge in [0.05, 0.1) is 5.41 Å². The fourth-order valence-corrected chi connectivity index (χ4v) is 3.47. The third-order valence-corrected chi connectivity index (χ3v) is 4.97. The number of hydrogen-bond acceptors (Lipinski definition) is 3. The van der Waals surface area contributed by atoms with Crippen LogP contribution in [-0.2, 0) is 17.8 Å². The van der Waals surface area contributed by atoms with E-state index in [-0.39, 0.29) is 0 Å². The lowest BCUT2D eigenvalue weighted by molar-refractivity contribution is -0.151. The Hall–Kier alpha value is -1.39. The molecule has 0 saturated heterocycles. The first-order chi connectivity index (χ1) is 10.1. The second-order valence-corrected chi connectivity index (χ2v) is 6.34. The Balaban J connectivity index is 2.04. The van der Waals surface area contributed by atoms with E-state index in [4.69, 9.17) is 0 Å². The summed E-state index contributed by atoms with van der Waals surface area (Å²) in [6.45, 7) is 4.96. The summed E-state index contributed by atoms with van der Waals surface area (Å²) in [4.78, 5) is 16.1. The lowest BCUT2D eigenvalue weighted by Gasteiger charge is -2.36. The Morgan fingerprint density at radius 3 is 2.71 bits per heavy atom. The van der Waals surface area contributed by atoms with E-state index in [1.807, 2.05) is 11.6 Å². The van der Waals surface area contributed by atoms with Gasteiger partial charge in [-0.05, 0) is 38.5 Å². The number of aromatic nitrogens is 3. The van der Waals surface area contributed by atoms with Crippen molar-refractivity contribution in [1.29, 1.82) is 0 Å². The largest absolute Gasteiger partial charge is 0.481 e. The van der Waals surface area contributed by atoms with Gasteiger partial charge in [-0.2, -0.15) is 5.10 Å². The minimum atomic E-state index is -0.665. The topological polar surface area (TPSA) is 68.0 Å². The molecule has 1 saturated carbocycles. The molecular weight excluding hydrogens is 266 g/mol. The van der Waals surface area contributed by atoms with Crippen LogP contribution in [0.25, 0.3) is 0 Å². The van der Waals surface area contributed by atoms with E-state index in [2.05, 4.69) is 17.0 Å². The summed E-state index contributed by atoms with van der Waals surface area (Å²) in [5, 5.41) is 13.9. The third kappa shape index (κ3) is 3.63. The highest BCUT2D eigenvalue weighted by Crippen LogP contribution is 2.43. The van der Waals surface area contributed by atoms with Gasteiger partial charge in [0.1, 0.15) is 12.2 Å². The number of nitrogens with zero attached hydrogens (tertiary/aromatic N) is 3. The highest BCUT2D eigenvalue weighted by atomic mass is 16.4. The Morgan fingerprint density at radius 2 is 2.14 bits per heavy atom. The molecule has 2 rings (SSSR count). The number of rotatable bonds is 7. The summed E-state index contributed by atoms with van der Waals surface area (Å²) in [6, 6.07) is 0. The van der Waals surface area contributed by atoms with Gasteiger partial charge in [-0.1, -0.05) is 26.2 Å². The second kappa shape index (κ2) is 7.05. The zero-order valence-corrected chi connectivity index (χ0v) is 13.2. The zero-order chi connectivity index (χ0) is 15.3. The summed E-state index contributed by atoms with van der Waals surface area (Å²) in [7, 11) is 0. The van der Waals surface area contributed by atoms with E-state index in [1.165, 1.54) is 25.6 Å². The predicted molar refractivity (Wildman–Crippen MR) is 81.0 cm³/mol. The number of carbonyl (C=O) groups is 1. The van der Waals surface area contributed by atoms with Crippen molar-refractivity contribution < 1.29 is 9.90 Å². The third-order valence-electron chi connectivity index (χ3n) is 4.97. The molecular formula is C16H27N3O2. The van der Waals surface area contributed by atoms with Gasteiger partial charge in [0.2, 0.25) is 0 Å². The molecule has 0 aliphatic heterocycles. The summed E-state index contributed by atoms with van der Waals surface area (Å²) >= 11 is 0. The Bertz CT molecular complexity index is 462. The first-order valence-electron chi connectivity index (χ1n) is 8.21. The van der Waals surface area contributed by atoms with Gasteiger partial charge >= 0.3 is 5.97 Å². The maximum Gasteiger partial charge on any atom is 0.310 e. The van der Waals surface area contributed by atoms with Crippen molar-refractivity contribution in [3.05, 3.63) is 12.2 Å². The van der Waals surface area contributed by atoms with Gasteiger partial charge in [0.25, 0.3) is 0 Å². The molecule has 0 radical (unpaired) electrons. The smallest absolute Gasteiger partial charge is 0.310 e. The Morgan fingerprint density at radius 1 is 1.43 bits per heavy atom. The average molecular weight is 293 g/mol. The van der Waals surface area contributed by atoms with Gasteiger partial charge < -0.3 is 5.11 Å². The molecule has 1 aliphatic carbocycles. The van der Waals surface area contributed by atoms with E-state index in [0.717, 1.165) is 38.1 Å². The molecule has 0 bridgehead atoms. The van der Waals surface area contributed by atoms with Gasteiger partial charge in [-0.3, -0.25) is 9.48 Å². The van der Waals surface area contributed by atoms with Crippen molar-refractivity contribution in [2.24, 2.45) is 11.3 Å². The number of carboxylic acids is 1. The van der Waals surface area contributed by atoms with Crippen LogP contribution in [0.4, 0.5) is 0 Å². The highest BCUT2D eigenvalue weighted by Gasteiger charge is 2.42. The van der Waals surface area contributed by atoms with Gasteiger partial charge in [-0.25, -0.2) is 4.98 Å². The average Bonchev–Trinajstić information content (AvgIpc) is 2.93. The van der Waals surface area contributed by atoms with Crippen LogP contribution in [0.1, 0.15) is 64.6 Å². The molecule has 0 spiro atoms. The van der Waals surface area contributed by atoms with Gasteiger partial charge in [-0.15, -0.1) is 0 Å². The van der Waals surface area contributed by atoms with E-state index < -0.39 is 11.4 Å². The van der Waals surface area contributed by atoms with Crippen LogP contribution in [0, 0.1) is 11.3 Å². The molecule has 21 heavy (non-hydrogen) atoms. The van der Waals surface area contributed by atoms with Crippen LogP contribution in [0.15, 0.2) is 6.33 Å². The number of aryl methyl sites for hydroxylation is 1. The van der Waals surface area contributed by atoms with Crippen molar-refractivity contribution in [3.63, 3.8) is 0 Å². The first kappa shape index (κ1) is 16.0. The number of hydrogen-bond donors (Lipinski definition) is 1. The second-order valence-electron chi connectivity index (χ2n) is 6.34. The zero-order valence-electron chi connectivity index (χ0n) is 13.2. The molecule has 0 unspecified atom stereocenters. The van der Waals surface area contributed by atoms with Gasteiger partial charge in [0.15, 0.2) is 0 Å². The molecule has 0 aromatic carbocycles. The van der Waals surface area contributed by atoms with Crippen molar-refractivity contribution >= 4 is 5.97 Å². The van der Waals surface area contributed by atoms with Crippen molar-refractivity contribution in [2.75, 3.05) is 0 Å². The van der Waals surface area contributed by atoms with Crippen LogP contribution in [0.3, 0.4) is 0 Å². The van der Waals surface area contributed by atoms with Crippen molar-refractivity contribution in [2.45, 2.75) is 71.8 Å².